The van der Waals surface area contributed by atoms with Crippen LogP contribution in [0.1, 0.15) is 23.1 Å². The number of hydrogen-bond acceptors (Lipinski definition) is 2. The first-order valence-corrected chi connectivity index (χ1v) is 7.94. The third-order valence-corrected chi connectivity index (χ3v) is 4.32. The minimum absolute atomic E-state index is 0.139. The van der Waals surface area contributed by atoms with E-state index >= 15 is 0 Å². The molecule has 1 aliphatic heterocycles. The second-order valence-corrected chi connectivity index (χ2v) is 5.99. The van der Waals surface area contributed by atoms with Gasteiger partial charge in [0, 0.05) is 13.1 Å². The van der Waals surface area contributed by atoms with Gasteiger partial charge in [0.1, 0.15) is 5.75 Å². The molecule has 1 N–H and O–H groups in total. The van der Waals surface area contributed by atoms with Gasteiger partial charge >= 0.3 is 0 Å². The minimum atomic E-state index is 0.139. The molecule has 1 amide bonds. The van der Waals surface area contributed by atoms with Crippen molar-refractivity contribution >= 4 is 11.5 Å². The van der Waals surface area contributed by atoms with Crippen LogP contribution >= 0.6 is 0 Å². The molecule has 23 heavy (non-hydrogen) atoms. The van der Waals surface area contributed by atoms with Gasteiger partial charge in [-0.25, -0.2) is 0 Å². The molecule has 0 bridgehead atoms. The van der Waals surface area contributed by atoms with E-state index in [1.807, 2.05) is 36.1 Å². The van der Waals surface area contributed by atoms with Gasteiger partial charge in [-0.05, 0) is 47.7 Å². The molecular weight excluding hydrogens is 286 g/mol. The van der Waals surface area contributed by atoms with Gasteiger partial charge in [-0.1, -0.05) is 42.5 Å². The lowest BCUT2D eigenvalue weighted by molar-refractivity contribution is -0.130. The molecule has 3 rings (SSSR count). The number of nitrogens with zero attached hydrogens (tertiary/aromatic N) is 1. The van der Waals surface area contributed by atoms with Crippen molar-refractivity contribution in [2.75, 3.05) is 13.1 Å². The lowest BCUT2D eigenvalue weighted by atomic mass is 10.00. The van der Waals surface area contributed by atoms with E-state index in [1.165, 1.54) is 11.1 Å². The average molecular weight is 307 g/mol. The molecule has 1 heterocycles. The zero-order valence-electron chi connectivity index (χ0n) is 13.3. The number of aromatic hydroxyl groups is 1. The molecule has 0 fully saturated rings. The molecule has 0 aromatic heterocycles. The van der Waals surface area contributed by atoms with Crippen LogP contribution in [0.2, 0.25) is 0 Å². The van der Waals surface area contributed by atoms with Crippen LogP contribution < -0.4 is 0 Å². The molecule has 0 atom stereocenters. The van der Waals surface area contributed by atoms with Crippen molar-refractivity contribution in [3.8, 4) is 5.75 Å². The summed E-state index contributed by atoms with van der Waals surface area (Å²) in [5, 5.41) is 9.48. The Balaban J connectivity index is 1.70. The summed E-state index contributed by atoms with van der Waals surface area (Å²) in [5.74, 6) is 0.381. The summed E-state index contributed by atoms with van der Waals surface area (Å²) in [6, 6.07) is 15.4. The molecule has 0 saturated heterocycles. The quantitative estimate of drug-likeness (QED) is 0.942. The first kappa shape index (κ1) is 15.3. The van der Waals surface area contributed by atoms with Crippen LogP contribution in [0, 0.1) is 6.92 Å². The summed E-state index contributed by atoms with van der Waals surface area (Å²) in [4.78, 5) is 14.5. The van der Waals surface area contributed by atoms with Crippen molar-refractivity contribution in [2.45, 2.75) is 19.8 Å². The number of carbonyl (C=O) groups is 1. The number of phenolic OH excluding ortho intramolecular Hbond substituents is 1. The lowest BCUT2D eigenvalue weighted by Gasteiger charge is -2.28. The molecule has 0 saturated carbocycles. The van der Waals surface area contributed by atoms with Crippen molar-refractivity contribution in [1.29, 1.82) is 0 Å². The number of carbonyl (C=O) groups excluding carboxylic acids is 1. The highest BCUT2D eigenvalue weighted by Crippen LogP contribution is 2.22. The van der Waals surface area contributed by atoms with E-state index in [0.29, 0.717) is 13.0 Å². The van der Waals surface area contributed by atoms with Gasteiger partial charge in [-0.2, -0.15) is 0 Å². The van der Waals surface area contributed by atoms with Gasteiger partial charge in [0.15, 0.2) is 0 Å². The molecule has 1 aliphatic rings. The molecule has 3 nitrogen and oxygen atoms in total. The van der Waals surface area contributed by atoms with Crippen molar-refractivity contribution in [1.82, 2.24) is 4.90 Å². The fraction of sp³-hybridized carbons (Fsp3) is 0.250. The maximum atomic E-state index is 12.6. The van der Waals surface area contributed by atoms with Gasteiger partial charge in [0.2, 0.25) is 5.91 Å². The number of phenols is 1. The highest BCUT2D eigenvalue weighted by molar-refractivity contribution is 5.82. The Morgan fingerprint density at radius 2 is 1.96 bits per heavy atom. The molecule has 118 valence electrons. The molecule has 0 radical (unpaired) electrons. The van der Waals surface area contributed by atoms with Gasteiger partial charge in [0.05, 0.1) is 6.42 Å². The number of amides is 1. The monoisotopic (exact) mass is 307 g/mol. The van der Waals surface area contributed by atoms with Crippen LogP contribution in [0.15, 0.2) is 54.6 Å². The van der Waals surface area contributed by atoms with Gasteiger partial charge in [-0.3, -0.25) is 4.79 Å². The maximum Gasteiger partial charge on any atom is 0.227 e. The van der Waals surface area contributed by atoms with Crippen molar-refractivity contribution in [3.63, 3.8) is 0 Å². The molecule has 0 unspecified atom stereocenters. The molecule has 0 spiro atoms. The normalized spacial score (nSPS) is 14.5. The van der Waals surface area contributed by atoms with Crippen LogP contribution in [-0.2, 0) is 11.2 Å². The third-order valence-electron chi connectivity index (χ3n) is 4.32. The van der Waals surface area contributed by atoms with Crippen LogP contribution in [0.5, 0.6) is 5.75 Å². The van der Waals surface area contributed by atoms with E-state index in [-0.39, 0.29) is 11.7 Å². The molecule has 2 aromatic rings. The Labute approximate surface area is 136 Å². The number of hydrogen-bond donors (Lipinski definition) is 1. The van der Waals surface area contributed by atoms with E-state index in [0.717, 1.165) is 24.1 Å². The smallest absolute Gasteiger partial charge is 0.227 e. The van der Waals surface area contributed by atoms with E-state index in [2.05, 4.69) is 18.2 Å². The van der Waals surface area contributed by atoms with Gasteiger partial charge in [-0.15, -0.1) is 0 Å². The highest BCUT2D eigenvalue weighted by atomic mass is 16.3. The minimum Gasteiger partial charge on any atom is -0.508 e. The predicted octanol–water partition coefficient (Wildman–Crippen LogP) is 3.56. The summed E-state index contributed by atoms with van der Waals surface area (Å²) in [7, 11) is 0. The zero-order valence-corrected chi connectivity index (χ0v) is 13.3. The third kappa shape index (κ3) is 3.62. The number of aryl methyl sites for hydroxylation is 1. The Morgan fingerprint density at radius 1 is 1.17 bits per heavy atom. The Morgan fingerprint density at radius 3 is 2.70 bits per heavy atom. The van der Waals surface area contributed by atoms with Crippen LogP contribution in [-0.4, -0.2) is 29.0 Å². The Kier molecular flexibility index (Phi) is 4.47. The topological polar surface area (TPSA) is 40.5 Å². The van der Waals surface area contributed by atoms with E-state index in [1.54, 1.807) is 12.1 Å². The van der Waals surface area contributed by atoms with Crippen molar-refractivity contribution in [2.24, 2.45) is 0 Å². The van der Waals surface area contributed by atoms with Crippen LogP contribution in [0.25, 0.3) is 5.57 Å². The summed E-state index contributed by atoms with van der Waals surface area (Å²) >= 11 is 0. The predicted molar refractivity (Wildman–Crippen MR) is 92.2 cm³/mol. The fourth-order valence-corrected chi connectivity index (χ4v) is 2.97. The fourth-order valence-electron chi connectivity index (χ4n) is 2.97. The first-order valence-electron chi connectivity index (χ1n) is 7.94. The lowest BCUT2D eigenvalue weighted by Crippen LogP contribution is -2.36. The van der Waals surface area contributed by atoms with Crippen molar-refractivity contribution in [3.05, 3.63) is 71.3 Å². The molecule has 2 aromatic carbocycles. The zero-order chi connectivity index (χ0) is 16.2. The second-order valence-electron chi connectivity index (χ2n) is 5.99. The first-order chi connectivity index (χ1) is 11.1. The Bertz CT molecular complexity index is 735. The van der Waals surface area contributed by atoms with Crippen LogP contribution in [0.3, 0.4) is 0 Å². The highest BCUT2D eigenvalue weighted by Gasteiger charge is 2.19. The second kappa shape index (κ2) is 6.69. The van der Waals surface area contributed by atoms with Gasteiger partial charge < -0.3 is 10.0 Å². The SMILES string of the molecule is Cc1cc(O)ccc1CC(=O)N1CCC=C(c2ccccc2)C1. The summed E-state index contributed by atoms with van der Waals surface area (Å²) < 4.78 is 0. The molecule has 3 heteroatoms. The average Bonchev–Trinajstić information content (AvgIpc) is 2.58. The number of rotatable bonds is 3. The maximum absolute atomic E-state index is 12.6. The summed E-state index contributed by atoms with van der Waals surface area (Å²) in [5.41, 5.74) is 4.33. The van der Waals surface area contributed by atoms with Crippen molar-refractivity contribution < 1.29 is 9.90 Å². The van der Waals surface area contributed by atoms with Gasteiger partial charge in [0.25, 0.3) is 0 Å². The van der Waals surface area contributed by atoms with Crippen LogP contribution in [0.4, 0.5) is 0 Å². The largest absolute Gasteiger partial charge is 0.508 e. The summed E-state index contributed by atoms with van der Waals surface area (Å²) in [6.45, 7) is 3.36. The van der Waals surface area contributed by atoms with E-state index < -0.39 is 0 Å². The molecule has 0 aliphatic carbocycles. The summed E-state index contributed by atoms with van der Waals surface area (Å²) in [6.07, 6.45) is 3.50. The van der Waals surface area contributed by atoms with E-state index in [4.69, 9.17) is 0 Å². The number of benzene rings is 2. The molecular formula is C20H21NO2. The standard InChI is InChI=1S/C20H21NO2/c1-15-12-19(22)10-9-17(15)13-20(23)21-11-5-8-18(14-21)16-6-3-2-4-7-16/h2-4,6-10,12,22H,5,11,13-14H2,1H3. The Hall–Kier alpha value is -2.55. The van der Waals surface area contributed by atoms with E-state index in [9.17, 15) is 9.90 Å².